The van der Waals surface area contributed by atoms with Crippen LogP contribution in [0, 0.1) is 5.92 Å². The molecule has 2 aromatic heterocycles. The van der Waals surface area contributed by atoms with E-state index in [9.17, 15) is 0 Å². The minimum Gasteiger partial charge on any atom is -0.469 e. The number of hydrogen-bond acceptors (Lipinski definition) is 3. The third-order valence-corrected chi connectivity index (χ3v) is 4.46. The lowest BCUT2D eigenvalue weighted by Crippen LogP contribution is -2.17. The highest BCUT2D eigenvalue weighted by Gasteiger charge is 2.14. The van der Waals surface area contributed by atoms with E-state index < -0.39 is 0 Å². The van der Waals surface area contributed by atoms with Gasteiger partial charge in [0.1, 0.15) is 5.76 Å². The average molecular weight is 291 g/mol. The molecule has 0 aliphatic heterocycles. The van der Waals surface area contributed by atoms with Crippen molar-refractivity contribution in [2.24, 2.45) is 5.92 Å². The van der Waals surface area contributed by atoms with Crippen molar-refractivity contribution < 1.29 is 4.42 Å². The van der Waals surface area contributed by atoms with Crippen LogP contribution in [0.4, 0.5) is 0 Å². The predicted molar refractivity (Wildman–Crippen MR) is 86.2 cm³/mol. The molecule has 0 aliphatic carbocycles. The topological polar surface area (TPSA) is 25.2 Å². The van der Waals surface area contributed by atoms with Crippen molar-refractivity contribution in [1.82, 2.24) is 5.32 Å². The predicted octanol–water partition coefficient (Wildman–Crippen LogP) is 5.04. The quantitative estimate of drug-likeness (QED) is 0.655. The minimum atomic E-state index is 0.545. The maximum atomic E-state index is 5.61. The van der Waals surface area contributed by atoms with E-state index in [1.54, 1.807) is 6.26 Å². The Morgan fingerprint density at radius 2 is 2.05 bits per heavy atom. The summed E-state index contributed by atoms with van der Waals surface area (Å²) in [5.74, 6) is 2.44. The van der Waals surface area contributed by atoms with Crippen molar-refractivity contribution >= 4 is 11.3 Å². The Bertz CT molecular complexity index is 447. The van der Waals surface area contributed by atoms with Crippen molar-refractivity contribution in [1.29, 1.82) is 0 Å². The molecular formula is C17H25NOS. The van der Waals surface area contributed by atoms with Gasteiger partial charge in [0.2, 0.25) is 0 Å². The largest absolute Gasteiger partial charge is 0.469 e. The first-order valence-corrected chi connectivity index (χ1v) is 8.40. The zero-order chi connectivity index (χ0) is 14.2. The van der Waals surface area contributed by atoms with Crippen LogP contribution >= 0.6 is 11.3 Å². The summed E-state index contributed by atoms with van der Waals surface area (Å²) in [6.45, 7) is 6.59. The normalized spacial score (nSPS) is 12.9. The van der Waals surface area contributed by atoms with Crippen LogP contribution in [0.15, 0.2) is 40.3 Å². The maximum Gasteiger partial charge on any atom is 0.106 e. The van der Waals surface area contributed by atoms with E-state index in [1.165, 1.54) is 17.7 Å². The highest BCUT2D eigenvalue weighted by atomic mass is 32.1. The molecular weight excluding hydrogens is 266 g/mol. The average Bonchev–Trinajstić information content (AvgIpc) is 3.10. The molecule has 110 valence electrons. The number of hydrogen-bond donors (Lipinski definition) is 1. The Morgan fingerprint density at radius 1 is 1.15 bits per heavy atom. The zero-order valence-corrected chi connectivity index (χ0v) is 13.3. The van der Waals surface area contributed by atoms with Crippen molar-refractivity contribution in [2.45, 2.75) is 45.6 Å². The van der Waals surface area contributed by atoms with Crippen molar-refractivity contribution in [3.05, 3.63) is 46.5 Å². The van der Waals surface area contributed by atoms with Crippen molar-refractivity contribution in [3.8, 4) is 0 Å². The second kappa shape index (κ2) is 8.28. The van der Waals surface area contributed by atoms with Crippen LogP contribution in [0.5, 0.6) is 0 Å². The molecule has 0 unspecified atom stereocenters. The third kappa shape index (κ3) is 5.14. The van der Waals surface area contributed by atoms with Gasteiger partial charge in [0.05, 0.1) is 6.26 Å². The molecule has 0 aliphatic rings. The molecule has 0 amide bonds. The summed E-state index contributed by atoms with van der Waals surface area (Å²) in [4.78, 5) is 1.40. The first kappa shape index (κ1) is 15.3. The first-order valence-electron chi connectivity index (χ1n) is 7.52. The lowest BCUT2D eigenvalue weighted by Gasteiger charge is -2.16. The van der Waals surface area contributed by atoms with Gasteiger partial charge in [-0.1, -0.05) is 26.3 Å². The number of thiophene rings is 1. The van der Waals surface area contributed by atoms with Gasteiger partial charge < -0.3 is 9.73 Å². The second-order valence-corrected chi connectivity index (χ2v) is 6.76. The van der Waals surface area contributed by atoms with Crippen LogP contribution in [-0.4, -0.2) is 6.54 Å². The van der Waals surface area contributed by atoms with Gasteiger partial charge in [-0.05, 0) is 48.9 Å². The van der Waals surface area contributed by atoms with E-state index in [4.69, 9.17) is 4.42 Å². The van der Waals surface area contributed by atoms with Crippen LogP contribution in [-0.2, 0) is 6.54 Å². The molecule has 1 atom stereocenters. The van der Waals surface area contributed by atoms with Crippen LogP contribution in [0.3, 0.4) is 0 Å². The number of rotatable bonds is 9. The summed E-state index contributed by atoms with van der Waals surface area (Å²) < 4.78 is 5.61. The molecule has 0 spiro atoms. The molecule has 0 aromatic carbocycles. The van der Waals surface area contributed by atoms with E-state index in [2.05, 4.69) is 42.7 Å². The van der Waals surface area contributed by atoms with Crippen LogP contribution in [0.25, 0.3) is 0 Å². The van der Waals surface area contributed by atoms with Gasteiger partial charge in [-0.15, -0.1) is 11.3 Å². The van der Waals surface area contributed by atoms with E-state index in [1.807, 2.05) is 17.4 Å². The molecule has 0 saturated carbocycles. The molecule has 3 heteroatoms. The second-order valence-electron chi connectivity index (χ2n) is 5.73. The van der Waals surface area contributed by atoms with Gasteiger partial charge in [-0.2, -0.15) is 0 Å². The number of nitrogens with one attached hydrogen (secondary N) is 1. The van der Waals surface area contributed by atoms with E-state index >= 15 is 0 Å². The van der Waals surface area contributed by atoms with Gasteiger partial charge in [0, 0.05) is 17.3 Å². The van der Waals surface area contributed by atoms with Crippen LogP contribution < -0.4 is 5.32 Å². The summed E-state index contributed by atoms with van der Waals surface area (Å²) in [7, 11) is 0. The molecule has 2 heterocycles. The van der Waals surface area contributed by atoms with Gasteiger partial charge in [-0.25, -0.2) is 0 Å². The Morgan fingerprint density at radius 3 is 2.70 bits per heavy atom. The molecule has 0 radical (unpaired) electrons. The fourth-order valence-corrected chi connectivity index (χ4v) is 3.06. The summed E-state index contributed by atoms with van der Waals surface area (Å²) in [6.07, 6.45) is 5.41. The fourth-order valence-electron chi connectivity index (χ4n) is 2.39. The lowest BCUT2D eigenvalue weighted by molar-refractivity contribution is 0.397. The summed E-state index contributed by atoms with van der Waals surface area (Å²) in [5, 5.41) is 5.67. The zero-order valence-electron chi connectivity index (χ0n) is 12.5. The van der Waals surface area contributed by atoms with Crippen molar-refractivity contribution in [3.63, 3.8) is 0 Å². The molecule has 2 nitrogen and oxygen atoms in total. The molecule has 20 heavy (non-hydrogen) atoms. The van der Waals surface area contributed by atoms with Gasteiger partial charge in [0.25, 0.3) is 0 Å². The van der Waals surface area contributed by atoms with Crippen molar-refractivity contribution in [2.75, 3.05) is 6.54 Å². The van der Waals surface area contributed by atoms with Gasteiger partial charge in [-0.3, -0.25) is 0 Å². The molecule has 0 bridgehead atoms. The van der Waals surface area contributed by atoms with Crippen LogP contribution in [0.2, 0.25) is 0 Å². The standard InChI is InChI=1S/C17H25NOS/c1-14(2)7-8-15(17-6-3-11-19-17)9-10-18-13-16-5-4-12-20-16/h3-6,11-12,14-15,18H,7-10,13H2,1-2H3/t15-/m0/s1. The monoisotopic (exact) mass is 291 g/mol. The Hall–Kier alpha value is -1.06. The van der Waals surface area contributed by atoms with E-state index in [0.29, 0.717) is 5.92 Å². The molecule has 0 fully saturated rings. The SMILES string of the molecule is CC(C)CC[C@@H](CCNCc1cccs1)c1ccco1. The Balaban J connectivity index is 1.75. The van der Waals surface area contributed by atoms with Gasteiger partial charge in [0.15, 0.2) is 0 Å². The van der Waals surface area contributed by atoms with Crippen LogP contribution in [0.1, 0.15) is 49.7 Å². The number of furan rings is 1. The summed E-state index contributed by atoms with van der Waals surface area (Å²) in [5.41, 5.74) is 0. The van der Waals surface area contributed by atoms with Gasteiger partial charge >= 0.3 is 0 Å². The minimum absolute atomic E-state index is 0.545. The Labute approximate surface area is 126 Å². The van der Waals surface area contributed by atoms with E-state index in [-0.39, 0.29) is 0 Å². The summed E-state index contributed by atoms with van der Waals surface area (Å²) in [6, 6.07) is 8.40. The Kier molecular flexibility index (Phi) is 6.34. The first-order chi connectivity index (χ1) is 9.75. The highest BCUT2D eigenvalue weighted by molar-refractivity contribution is 7.09. The lowest BCUT2D eigenvalue weighted by atomic mass is 9.93. The summed E-state index contributed by atoms with van der Waals surface area (Å²) >= 11 is 1.81. The third-order valence-electron chi connectivity index (χ3n) is 3.59. The van der Waals surface area contributed by atoms with E-state index in [0.717, 1.165) is 31.2 Å². The fraction of sp³-hybridized carbons (Fsp3) is 0.529. The molecule has 0 saturated heterocycles. The molecule has 1 N–H and O–H groups in total. The molecule has 2 rings (SSSR count). The maximum absolute atomic E-state index is 5.61. The molecule has 2 aromatic rings. The smallest absolute Gasteiger partial charge is 0.106 e. The highest BCUT2D eigenvalue weighted by Crippen LogP contribution is 2.26.